The Balaban J connectivity index is 1.08. The molecule has 210 valence electrons. The van der Waals surface area contributed by atoms with E-state index in [0.717, 1.165) is 67.2 Å². The van der Waals surface area contributed by atoms with Crippen molar-refractivity contribution in [2.24, 2.45) is 7.05 Å². The Morgan fingerprint density at radius 2 is 1.37 bits per heavy atom. The van der Waals surface area contributed by atoms with E-state index in [2.05, 4.69) is 9.88 Å². The van der Waals surface area contributed by atoms with E-state index in [9.17, 15) is 9.59 Å². The Bertz CT molecular complexity index is 1430. The number of pyridine rings is 1. The Kier molecular flexibility index (Phi) is 7.91. The number of carbonyl (C=O) groups excluding carboxylic acids is 2. The van der Waals surface area contributed by atoms with E-state index in [0.29, 0.717) is 31.1 Å². The summed E-state index contributed by atoms with van der Waals surface area (Å²) in [7, 11) is 1.92. The molecule has 2 fully saturated rings. The SMILES string of the molecule is Cn1cnc(CC(=O)N2CCC(N3CCN(C(=O)c4cc(-c5ccccc5)nc(-c5ccccc5)c4)CC3)CC2)c1. The number of aryl methyl sites for hydroxylation is 1. The predicted octanol–water partition coefficient (Wildman–Crippen LogP) is 4.14. The molecule has 0 atom stereocenters. The molecule has 2 aliphatic heterocycles. The summed E-state index contributed by atoms with van der Waals surface area (Å²) in [6, 6.07) is 24.4. The van der Waals surface area contributed by atoms with Gasteiger partial charge in [0.05, 0.1) is 29.8 Å². The van der Waals surface area contributed by atoms with Crippen molar-refractivity contribution in [2.45, 2.75) is 25.3 Å². The molecule has 0 unspecified atom stereocenters. The number of carbonyl (C=O) groups is 2. The van der Waals surface area contributed by atoms with Crippen LogP contribution in [0.2, 0.25) is 0 Å². The minimum absolute atomic E-state index is 0.0522. The summed E-state index contributed by atoms with van der Waals surface area (Å²) >= 11 is 0. The zero-order valence-electron chi connectivity index (χ0n) is 23.5. The number of hydrogen-bond donors (Lipinski definition) is 0. The minimum atomic E-state index is 0.0522. The average molecular weight is 549 g/mol. The maximum atomic E-state index is 13.7. The van der Waals surface area contributed by atoms with E-state index >= 15 is 0 Å². The van der Waals surface area contributed by atoms with Gasteiger partial charge in [0, 0.05) is 75.2 Å². The van der Waals surface area contributed by atoms with Crippen LogP contribution in [0.25, 0.3) is 22.5 Å². The van der Waals surface area contributed by atoms with Crippen molar-refractivity contribution in [3.8, 4) is 22.5 Å². The van der Waals surface area contributed by atoms with Crippen LogP contribution in [0.1, 0.15) is 28.9 Å². The number of aromatic nitrogens is 3. The second-order valence-electron chi connectivity index (χ2n) is 11.0. The van der Waals surface area contributed by atoms with Crippen molar-refractivity contribution >= 4 is 11.8 Å². The van der Waals surface area contributed by atoms with E-state index in [1.807, 2.05) is 100 Å². The van der Waals surface area contributed by atoms with Gasteiger partial charge in [-0.15, -0.1) is 0 Å². The average Bonchev–Trinajstić information content (AvgIpc) is 3.45. The number of imidazole rings is 1. The van der Waals surface area contributed by atoms with Crippen molar-refractivity contribution in [1.29, 1.82) is 0 Å². The van der Waals surface area contributed by atoms with Crippen LogP contribution >= 0.6 is 0 Å². The van der Waals surface area contributed by atoms with Gasteiger partial charge in [-0.05, 0) is 25.0 Å². The molecule has 0 aliphatic carbocycles. The van der Waals surface area contributed by atoms with Crippen LogP contribution in [0.3, 0.4) is 0 Å². The van der Waals surface area contributed by atoms with Crippen molar-refractivity contribution in [3.05, 3.63) is 96.6 Å². The summed E-state index contributed by atoms with van der Waals surface area (Å²) in [4.78, 5) is 42.2. The lowest BCUT2D eigenvalue weighted by molar-refractivity contribution is -0.132. The van der Waals surface area contributed by atoms with E-state index < -0.39 is 0 Å². The van der Waals surface area contributed by atoms with Gasteiger partial charge >= 0.3 is 0 Å². The fourth-order valence-corrected chi connectivity index (χ4v) is 5.95. The second kappa shape index (κ2) is 12.1. The number of hydrogen-bond acceptors (Lipinski definition) is 5. The molecule has 8 heteroatoms. The molecule has 0 spiro atoms. The van der Waals surface area contributed by atoms with Crippen molar-refractivity contribution in [3.63, 3.8) is 0 Å². The largest absolute Gasteiger partial charge is 0.342 e. The summed E-state index contributed by atoms with van der Waals surface area (Å²) in [5.74, 6) is 0.205. The lowest BCUT2D eigenvalue weighted by Crippen LogP contribution is -2.54. The van der Waals surface area contributed by atoms with Gasteiger partial charge < -0.3 is 14.4 Å². The number of amides is 2. The maximum absolute atomic E-state index is 13.7. The highest BCUT2D eigenvalue weighted by Gasteiger charge is 2.31. The highest BCUT2D eigenvalue weighted by atomic mass is 16.2. The molecule has 8 nitrogen and oxygen atoms in total. The zero-order chi connectivity index (χ0) is 28.2. The second-order valence-corrected chi connectivity index (χ2v) is 11.0. The smallest absolute Gasteiger partial charge is 0.254 e. The number of rotatable bonds is 6. The van der Waals surface area contributed by atoms with Crippen LogP contribution in [0.4, 0.5) is 0 Å². The summed E-state index contributed by atoms with van der Waals surface area (Å²) in [5, 5.41) is 0. The van der Waals surface area contributed by atoms with E-state index in [1.165, 1.54) is 0 Å². The van der Waals surface area contributed by atoms with Gasteiger partial charge in [-0.2, -0.15) is 0 Å². The monoisotopic (exact) mass is 548 g/mol. The van der Waals surface area contributed by atoms with Crippen molar-refractivity contribution < 1.29 is 9.59 Å². The topological polar surface area (TPSA) is 74.6 Å². The van der Waals surface area contributed by atoms with Gasteiger partial charge in [0.15, 0.2) is 0 Å². The summed E-state index contributed by atoms with van der Waals surface area (Å²) in [6.07, 6.45) is 5.93. The lowest BCUT2D eigenvalue weighted by Gasteiger charge is -2.42. The first-order chi connectivity index (χ1) is 20.0. The van der Waals surface area contributed by atoms with Crippen LogP contribution in [0.15, 0.2) is 85.3 Å². The Labute approximate surface area is 241 Å². The number of piperidine rings is 1. The first-order valence-corrected chi connectivity index (χ1v) is 14.4. The van der Waals surface area contributed by atoms with E-state index in [1.54, 1.807) is 6.33 Å². The molecule has 2 saturated heterocycles. The van der Waals surface area contributed by atoms with Crippen molar-refractivity contribution in [1.82, 2.24) is 29.2 Å². The molecule has 0 saturated carbocycles. The molecule has 41 heavy (non-hydrogen) atoms. The zero-order valence-corrected chi connectivity index (χ0v) is 23.5. The van der Waals surface area contributed by atoms with Gasteiger partial charge in [-0.25, -0.2) is 9.97 Å². The Morgan fingerprint density at radius 3 is 1.90 bits per heavy atom. The van der Waals surface area contributed by atoms with Gasteiger partial charge in [-0.3, -0.25) is 14.5 Å². The number of piperazine rings is 1. The summed E-state index contributed by atoms with van der Waals surface area (Å²) < 4.78 is 1.87. The van der Waals surface area contributed by atoms with Gasteiger partial charge in [0.1, 0.15) is 0 Å². The van der Waals surface area contributed by atoms with Gasteiger partial charge in [-0.1, -0.05) is 60.7 Å². The third-order valence-corrected chi connectivity index (χ3v) is 8.24. The summed E-state index contributed by atoms with van der Waals surface area (Å²) in [5.41, 5.74) is 5.09. The van der Waals surface area contributed by atoms with Crippen LogP contribution in [-0.4, -0.2) is 86.4 Å². The molecule has 4 heterocycles. The number of likely N-dealkylation sites (tertiary alicyclic amines) is 1. The molecular weight excluding hydrogens is 512 g/mol. The fourth-order valence-electron chi connectivity index (χ4n) is 5.95. The van der Waals surface area contributed by atoms with Crippen LogP contribution in [0, 0.1) is 0 Å². The highest BCUT2D eigenvalue weighted by Crippen LogP contribution is 2.26. The molecule has 2 aliphatic rings. The first kappa shape index (κ1) is 26.9. The molecule has 2 amide bonds. The Morgan fingerprint density at radius 1 is 0.780 bits per heavy atom. The van der Waals surface area contributed by atoms with Crippen molar-refractivity contribution in [2.75, 3.05) is 39.3 Å². The molecule has 2 aromatic heterocycles. The molecule has 0 radical (unpaired) electrons. The predicted molar refractivity (Wildman–Crippen MR) is 159 cm³/mol. The third kappa shape index (κ3) is 6.23. The molecule has 0 N–H and O–H groups in total. The third-order valence-electron chi connectivity index (χ3n) is 8.24. The Hall–Kier alpha value is -4.30. The van der Waals surface area contributed by atoms with E-state index in [4.69, 9.17) is 4.98 Å². The quantitative estimate of drug-likeness (QED) is 0.362. The first-order valence-electron chi connectivity index (χ1n) is 14.4. The number of nitrogens with zero attached hydrogens (tertiary/aromatic N) is 6. The van der Waals surface area contributed by atoms with Gasteiger partial charge in [0.2, 0.25) is 5.91 Å². The molecule has 2 aromatic carbocycles. The van der Waals surface area contributed by atoms with Gasteiger partial charge in [0.25, 0.3) is 5.91 Å². The molecule has 6 rings (SSSR count). The van der Waals surface area contributed by atoms with Crippen LogP contribution < -0.4 is 0 Å². The van der Waals surface area contributed by atoms with E-state index in [-0.39, 0.29) is 11.8 Å². The molecule has 0 bridgehead atoms. The maximum Gasteiger partial charge on any atom is 0.254 e. The minimum Gasteiger partial charge on any atom is -0.342 e. The standard InChI is InChI=1S/C33H36N6O2/c1-36-23-28(34-24-36)22-32(40)38-14-12-29(13-15-38)37-16-18-39(19-17-37)33(41)27-20-30(25-8-4-2-5-9-25)35-31(21-27)26-10-6-3-7-11-26/h2-11,20-21,23-24,29H,12-19,22H2,1H3. The molecular formula is C33H36N6O2. The number of benzene rings is 2. The molecule has 4 aromatic rings. The lowest BCUT2D eigenvalue weighted by atomic mass is 10.0. The normalized spacial score (nSPS) is 16.6. The highest BCUT2D eigenvalue weighted by molar-refractivity contribution is 5.96. The summed E-state index contributed by atoms with van der Waals surface area (Å²) in [6.45, 7) is 4.64. The fraction of sp³-hybridized carbons (Fsp3) is 0.333. The van der Waals surface area contributed by atoms with Crippen LogP contribution in [-0.2, 0) is 18.3 Å². The van der Waals surface area contributed by atoms with Crippen LogP contribution in [0.5, 0.6) is 0 Å².